The van der Waals surface area contributed by atoms with Crippen LogP contribution in [0, 0.1) is 0 Å². The van der Waals surface area contributed by atoms with Crippen molar-refractivity contribution in [1.82, 2.24) is 20.6 Å². The number of rotatable bonds is 4. The number of imide groups is 1. The van der Waals surface area contributed by atoms with Crippen molar-refractivity contribution >= 4 is 29.6 Å². The molecule has 7 nitrogen and oxygen atoms in total. The summed E-state index contributed by atoms with van der Waals surface area (Å²) in [6.07, 6.45) is 1.39. The number of hydrogen-bond acceptors (Lipinski definition) is 5. The van der Waals surface area contributed by atoms with Gasteiger partial charge in [-0.15, -0.1) is 0 Å². The Bertz CT molecular complexity index is 793. The number of nitrogens with zero attached hydrogens (tertiary/aromatic N) is 2. The molecule has 0 atom stereocenters. The number of aromatic nitrogens is 2. The summed E-state index contributed by atoms with van der Waals surface area (Å²) in [6, 6.07) is 10.5. The van der Waals surface area contributed by atoms with Crippen molar-refractivity contribution in [3.05, 3.63) is 58.6 Å². The van der Waals surface area contributed by atoms with Gasteiger partial charge in [-0.25, -0.2) is 9.78 Å². The minimum Gasteiger partial charge on any atom is -0.473 e. The first-order valence-corrected chi connectivity index (χ1v) is 7.03. The largest absolute Gasteiger partial charge is 0.473 e. The molecular formula is C15H11ClN4O3. The maximum absolute atomic E-state index is 11.5. The lowest BCUT2D eigenvalue weighted by molar-refractivity contribution is -0.115. The van der Waals surface area contributed by atoms with Crippen molar-refractivity contribution < 1.29 is 14.3 Å². The SMILES string of the molecule is O=C1NC(=O)/C(=C/c2cc(OCc3ccccc3)nc(Cl)n2)N1. The molecule has 1 aromatic heterocycles. The summed E-state index contributed by atoms with van der Waals surface area (Å²) >= 11 is 5.86. The molecule has 23 heavy (non-hydrogen) atoms. The van der Waals surface area contributed by atoms with Crippen molar-refractivity contribution in [2.75, 3.05) is 0 Å². The topological polar surface area (TPSA) is 93.2 Å². The third-order valence-corrected chi connectivity index (χ3v) is 3.11. The Morgan fingerprint density at radius 2 is 1.91 bits per heavy atom. The molecule has 0 aliphatic carbocycles. The van der Waals surface area contributed by atoms with E-state index in [2.05, 4.69) is 20.6 Å². The number of nitrogens with one attached hydrogen (secondary N) is 2. The summed E-state index contributed by atoms with van der Waals surface area (Å²) < 4.78 is 5.57. The highest BCUT2D eigenvalue weighted by atomic mass is 35.5. The van der Waals surface area contributed by atoms with Crippen LogP contribution in [0.15, 0.2) is 42.1 Å². The number of urea groups is 1. The van der Waals surface area contributed by atoms with E-state index in [0.717, 1.165) is 5.56 Å². The van der Waals surface area contributed by atoms with Gasteiger partial charge in [-0.05, 0) is 23.2 Å². The normalized spacial score (nSPS) is 15.4. The van der Waals surface area contributed by atoms with Gasteiger partial charge in [-0.1, -0.05) is 30.3 Å². The fourth-order valence-electron chi connectivity index (χ4n) is 1.92. The van der Waals surface area contributed by atoms with Gasteiger partial charge in [0.15, 0.2) is 0 Å². The molecule has 0 bridgehead atoms. The Labute approximate surface area is 136 Å². The molecule has 3 amide bonds. The summed E-state index contributed by atoms with van der Waals surface area (Å²) in [5, 5.41) is 4.44. The van der Waals surface area contributed by atoms with Gasteiger partial charge < -0.3 is 10.1 Å². The standard InChI is InChI=1S/C15H11ClN4O3/c16-14-17-10(6-11-13(21)20-15(22)18-11)7-12(19-14)23-8-9-4-2-1-3-5-9/h1-7H,8H2,(H2,18,20,21,22)/b11-6-. The van der Waals surface area contributed by atoms with Gasteiger partial charge in [-0.3, -0.25) is 10.1 Å². The van der Waals surface area contributed by atoms with Crippen LogP contribution in [0.25, 0.3) is 6.08 Å². The number of carbonyl (C=O) groups is 2. The van der Waals surface area contributed by atoms with Crippen LogP contribution in [-0.2, 0) is 11.4 Å². The van der Waals surface area contributed by atoms with Crippen molar-refractivity contribution in [2.45, 2.75) is 6.61 Å². The van der Waals surface area contributed by atoms with E-state index in [-0.39, 0.29) is 16.9 Å². The smallest absolute Gasteiger partial charge is 0.326 e. The molecule has 0 saturated carbocycles. The molecule has 0 unspecified atom stereocenters. The Hall–Kier alpha value is -2.93. The molecule has 1 aliphatic rings. The van der Waals surface area contributed by atoms with E-state index in [4.69, 9.17) is 16.3 Å². The molecule has 0 radical (unpaired) electrons. The average molecular weight is 331 g/mol. The predicted octanol–water partition coefficient (Wildman–Crippen LogP) is 1.89. The number of benzene rings is 1. The molecule has 1 fully saturated rings. The minimum atomic E-state index is -0.582. The van der Waals surface area contributed by atoms with Gasteiger partial charge in [0.25, 0.3) is 5.91 Å². The van der Waals surface area contributed by atoms with E-state index >= 15 is 0 Å². The van der Waals surface area contributed by atoms with Crippen LogP contribution in [0.3, 0.4) is 0 Å². The van der Waals surface area contributed by atoms with Gasteiger partial charge >= 0.3 is 6.03 Å². The van der Waals surface area contributed by atoms with Crippen LogP contribution < -0.4 is 15.4 Å². The van der Waals surface area contributed by atoms with Crippen LogP contribution in [0.2, 0.25) is 5.28 Å². The summed E-state index contributed by atoms with van der Waals surface area (Å²) in [7, 11) is 0. The Morgan fingerprint density at radius 1 is 1.13 bits per heavy atom. The van der Waals surface area contributed by atoms with E-state index in [9.17, 15) is 9.59 Å². The minimum absolute atomic E-state index is 0.0212. The Morgan fingerprint density at radius 3 is 2.61 bits per heavy atom. The second-order valence-corrected chi connectivity index (χ2v) is 4.98. The lowest BCUT2D eigenvalue weighted by atomic mass is 10.2. The average Bonchev–Trinajstić information content (AvgIpc) is 2.83. The van der Waals surface area contributed by atoms with Crippen molar-refractivity contribution in [1.29, 1.82) is 0 Å². The summed E-state index contributed by atoms with van der Waals surface area (Å²) in [6.45, 7) is 0.321. The molecule has 2 aromatic rings. The molecule has 116 valence electrons. The molecule has 3 rings (SSSR count). The lowest BCUT2D eigenvalue weighted by Gasteiger charge is -2.06. The number of halogens is 1. The van der Waals surface area contributed by atoms with Crippen LogP contribution in [-0.4, -0.2) is 21.9 Å². The first-order valence-electron chi connectivity index (χ1n) is 6.65. The summed E-state index contributed by atoms with van der Waals surface area (Å²) in [5.74, 6) is -0.262. The van der Waals surface area contributed by atoms with Crippen molar-refractivity contribution in [3.63, 3.8) is 0 Å². The monoisotopic (exact) mass is 330 g/mol. The highest BCUT2D eigenvalue weighted by Gasteiger charge is 2.23. The highest BCUT2D eigenvalue weighted by Crippen LogP contribution is 2.17. The molecule has 1 aromatic carbocycles. The summed E-state index contributed by atoms with van der Waals surface area (Å²) in [5.41, 5.74) is 1.41. The van der Waals surface area contributed by atoms with Crippen molar-refractivity contribution in [3.8, 4) is 5.88 Å². The lowest BCUT2D eigenvalue weighted by Crippen LogP contribution is -2.22. The Balaban J connectivity index is 1.78. The molecule has 2 heterocycles. The highest BCUT2D eigenvalue weighted by molar-refractivity contribution is 6.28. The Kier molecular flexibility index (Phi) is 4.20. The van der Waals surface area contributed by atoms with E-state index in [1.54, 1.807) is 0 Å². The second kappa shape index (κ2) is 6.45. The summed E-state index contributed by atoms with van der Waals surface area (Å²) in [4.78, 5) is 30.5. The number of carbonyl (C=O) groups excluding carboxylic acids is 2. The molecule has 8 heteroatoms. The third-order valence-electron chi connectivity index (χ3n) is 2.94. The van der Waals surface area contributed by atoms with Gasteiger partial charge in [0.1, 0.15) is 12.3 Å². The molecule has 0 spiro atoms. The van der Waals surface area contributed by atoms with Crippen LogP contribution >= 0.6 is 11.6 Å². The van der Waals surface area contributed by atoms with Crippen LogP contribution in [0.5, 0.6) is 5.88 Å². The first kappa shape index (κ1) is 15.0. The van der Waals surface area contributed by atoms with Crippen LogP contribution in [0.4, 0.5) is 4.79 Å². The maximum Gasteiger partial charge on any atom is 0.326 e. The quantitative estimate of drug-likeness (QED) is 0.507. The first-order chi connectivity index (χ1) is 11.1. The zero-order valence-electron chi connectivity index (χ0n) is 11.7. The molecule has 1 aliphatic heterocycles. The zero-order chi connectivity index (χ0) is 16.2. The molecule has 2 N–H and O–H groups in total. The van der Waals surface area contributed by atoms with Gasteiger partial charge in [0.05, 0.1) is 5.69 Å². The van der Waals surface area contributed by atoms with Gasteiger partial charge in [0.2, 0.25) is 11.2 Å². The fraction of sp³-hybridized carbons (Fsp3) is 0.0667. The van der Waals surface area contributed by atoms with Crippen LogP contribution in [0.1, 0.15) is 11.3 Å². The maximum atomic E-state index is 11.5. The number of amides is 3. The molecule has 1 saturated heterocycles. The van der Waals surface area contributed by atoms with Gasteiger partial charge in [-0.2, -0.15) is 4.98 Å². The van der Waals surface area contributed by atoms with E-state index in [1.165, 1.54) is 12.1 Å². The predicted molar refractivity (Wildman–Crippen MR) is 82.5 cm³/mol. The van der Waals surface area contributed by atoms with E-state index in [0.29, 0.717) is 12.3 Å². The zero-order valence-corrected chi connectivity index (χ0v) is 12.5. The third kappa shape index (κ3) is 3.83. The fourth-order valence-corrected chi connectivity index (χ4v) is 2.10. The number of ether oxygens (including phenoxy) is 1. The second-order valence-electron chi connectivity index (χ2n) is 4.64. The molecular weight excluding hydrogens is 320 g/mol. The van der Waals surface area contributed by atoms with E-state index < -0.39 is 11.9 Å². The van der Waals surface area contributed by atoms with E-state index in [1.807, 2.05) is 30.3 Å². The van der Waals surface area contributed by atoms with Gasteiger partial charge in [0, 0.05) is 6.07 Å². The number of hydrogen-bond donors (Lipinski definition) is 2. The van der Waals surface area contributed by atoms with Crippen molar-refractivity contribution in [2.24, 2.45) is 0 Å².